The minimum atomic E-state index is -0.397. The van der Waals surface area contributed by atoms with E-state index >= 15 is 0 Å². The van der Waals surface area contributed by atoms with Gasteiger partial charge in [-0.25, -0.2) is 0 Å². The number of carbonyl (C=O) groups is 1. The van der Waals surface area contributed by atoms with Crippen LogP contribution in [0.5, 0.6) is 28.7 Å². The summed E-state index contributed by atoms with van der Waals surface area (Å²) in [5.41, 5.74) is 0.859. The minimum Gasteiger partial charge on any atom is -0.497 e. The molecule has 3 aromatic rings. The third kappa shape index (κ3) is 5.38. The highest BCUT2D eigenvalue weighted by atomic mass is 16.7. The van der Waals surface area contributed by atoms with E-state index in [1.165, 1.54) is 6.07 Å². The summed E-state index contributed by atoms with van der Waals surface area (Å²) in [6.45, 7) is 2.50. The van der Waals surface area contributed by atoms with Crippen LogP contribution in [0.4, 0.5) is 5.69 Å². The fraction of sp³-hybridized carbons (Fsp3) is 0.250. The summed E-state index contributed by atoms with van der Waals surface area (Å²) in [4.78, 5) is 24.6. The number of nitrogens with one attached hydrogen (secondary N) is 1. The summed E-state index contributed by atoms with van der Waals surface area (Å²) < 4.78 is 28.8. The van der Waals surface area contributed by atoms with Crippen LogP contribution in [0.2, 0.25) is 0 Å². The molecule has 1 aliphatic rings. The molecule has 2 aromatic carbocycles. The van der Waals surface area contributed by atoms with Crippen LogP contribution in [0.1, 0.15) is 5.69 Å². The first kappa shape index (κ1) is 22.1. The van der Waals surface area contributed by atoms with Gasteiger partial charge in [0.15, 0.2) is 23.9 Å². The number of benzene rings is 2. The molecular formula is C24H24N2O7. The lowest BCUT2D eigenvalue weighted by Gasteiger charge is -2.15. The van der Waals surface area contributed by atoms with E-state index in [0.717, 1.165) is 5.75 Å². The SMILES string of the molecule is COc1ccc(OCCn2ccc(=O)c(OCC(=O)Nc3ccc4c(c3)OCO4)c2C)cc1. The third-order valence-electron chi connectivity index (χ3n) is 5.05. The topological polar surface area (TPSA) is 97.2 Å². The molecule has 33 heavy (non-hydrogen) atoms. The first-order chi connectivity index (χ1) is 16.0. The molecule has 9 nitrogen and oxygen atoms in total. The maximum atomic E-state index is 12.3. The molecule has 172 valence electrons. The Kier molecular flexibility index (Phi) is 6.68. The Morgan fingerprint density at radius 1 is 1.03 bits per heavy atom. The Bertz CT molecular complexity index is 1190. The Morgan fingerprint density at radius 3 is 2.58 bits per heavy atom. The zero-order valence-corrected chi connectivity index (χ0v) is 18.3. The Labute approximate surface area is 190 Å². The van der Waals surface area contributed by atoms with Crippen molar-refractivity contribution in [3.63, 3.8) is 0 Å². The number of carbonyl (C=O) groups excluding carboxylic acids is 1. The molecule has 1 aromatic heterocycles. The summed E-state index contributed by atoms with van der Waals surface area (Å²) in [6.07, 6.45) is 1.68. The number of fused-ring (bicyclic) bond motifs is 1. The molecule has 4 rings (SSSR count). The van der Waals surface area contributed by atoms with Gasteiger partial charge in [-0.1, -0.05) is 0 Å². The Balaban J connectivity index is 1.33. The predicted molar refractivity (Wildman–Crippen MR) is 121 cm³/mol. The fourth-order valence-electron chi connectivity index (χ4n) is 3.31. The number of rotatable bonds is 9. The van der Waals surface area contributed by atoms with Crippen LogP contribution in [-0.2, 0) is 11.3 Å². The van der Waals surface area contributed by atoms with Crippen molar-refractivity contribution in [2.24, 2.45) is 0 Å². The largest absolute Gasteiger partial charge is 0.497 e. The van der Waals surface area contributed by atoms with Gasteiger partial charge in [0.2, 0.25) is 12.2 Å². The van der Waals surface area contributed by atoms with Crippen LogP contribution < -0.4 is 34.4 Å². The molecule has 0 aliphatic carbocycles. The molecule has 1 amide bonds. The van der Waals surface area contributed by atoms with Crippen molar-refractivity contribution in [2.45, 2.75) is 13.5 Å². The number of aromatic nitrogens is 1. The van der Waals surface area contributed by atoms with Gasteiger partial charge in [0.25, 0.3) is 5.91 Å². The van der Waals surface area contributed by atoms with Gasteiger partial charge < -0.3 is 33.6 Å². The van der Waals surface area contributed by atoms with Gasteiger partial charge >= 0.3 is 0 Å². The summed E-state index contributed by atoms with van der Waals surface area (Å²) in [6, 6.07) is 13.8. The first-order valence-electron chi connectivity index (χ1n) is 10.3. The van der Waals surface area contributed by atoms with Gasteiger partial charge in [-0.2, -0.15) is 0 Å². The lowest BCUT2D eigenvalue weighted by molar-refractivity contribution is -0.118. The maximum absolute atomic E-state index is 12.3. The molecule has 0 spiro atoms. The van der Waals surface area contributed by atoms with E-state index in [0.29, 0.717) is 41.8 Å². The van der Waals surface area contributed by atoms with Crippen molar-refractivity contribution in [2.75, 3.05) is 32.4 Å². The van der Waals surface area contributed by atoms with Crippen LogP contribution in [-0.4, -0.2) is 37.6 Å². The van der Waals surface area contributed by atoms with E-state index in [2.05, 4.69) is 5.32 Å². The van der Waals surface area contributed by atoms with Crippen LogP contribution in [0.25, 0.3) is 0 Å². The number of anilines is 1. The lowest BCUT2D eigenvalue weighted by Crippen LogP contribution is -2.24. The predicted octanol–water partition coefficient (Wildman–Crippen LogP) is 2.99. The highest BCUT2D eigenvalue weighted by Crippen LogP contribution is 2.34. The van der Waals surface area contributed by atoms with Gasteiger partial charge in [-0.05, 0) is 43.3 Å². The normalized spacial score (nSPS) is 11.7. The van der Waals surface area contributed by atoms with Gasteiger partial charge in [-0.3, -0.25) is 9.59 Å². The maximum Gasteiger partial charge on any atom is 0.262 e. The molecule has 9 heteroatoms. The molecule has 0 saturated carbocycles. The molecule has 1 N–H and O–H groups in total. The third-order valence-corrected chi connectivity index (χ3v) is 5.05. The van der Waals surface area contributed by atoms with E-state index in [1.807, 2.05) is 28.8 Å². The highest BCUT2D eigenvalue weighted by Gasteiger charge is 2.15. The molecule has 0 radical (unpaired) electrons. The number of ether oxygens (including phenoxy) is 5. The molecular weight excluding hydrogens is 428 g/mol. The monoisotopic (exact) mass is 452 g/mol. The fourth-order valence-corrected chi connectivity index (χ4v) is 3.31. The van der Waals surface area contributed by atoms with E-state index < -0.39 is 5.91 Å². The lowest BCUT2D eigenvalue weighted by atomic mass is 10.3. The Morgan fingerprint density at radius 2 is 1.79 bits per heavy atom. The molecule has 0 saturated heterocycles. The number of pyridine rings is 1. The van der Waals surface area contributed by atoms with Crippen molar-refractivity contribution in [3.8, 4) is 28.7 Å². The van der Waals surface area contributed by atoms with Crippen LogP contribution in [0.15, 0.2) is 59.5 Å². The number of amides is 1. The first-order valence-corrected chi connectivity index (χ1v) is 10.3. The smallest absolute Gasteiger partial charge is 0.262 e. The van der Waals surface area contributed by atoms with E-state index in [9.17, 15) is 9.59 Å². The van der Waals surface area contributed by atoms with E-state index in [1.54, 1.807) is 38.4 Å². The van der Waals surface area contributed by atoms with Crippen LogP contribution in [0, 0.1) is 6.92 Å². The summed E-state index contributed by atoms with van der Waals surface area (Å²) in [7, 11) is 1.61. The van der Waals surface area contributed by atoms with Crippen molar-refractivity contribution < 1.29 is 28.5 Å². The average molecular weight is 452 g/mol. The van der Waals surface area contributed by atoms with Crippen molar-refractivity contribution >= 4 is 11.6 Å². The van der Waals surface area contributed by atoms with Crippen molar-refractivity contribution in [1.29, 1.82) is 0 Å². The van der Waals surface area contributed by atoms with Gasteiger partial charge in [0, 0.05) is 24.0 Å². The molecule has 0 unspecified atom stereocenters. The zero-order chi connectivity index (χ0) is 23.2. The van der Waals surface area contributed by atoms with Gasteiger partial charge in [0.05, 0.1) is 19.3 Å². The Hall–Kier alpha value is -4.14. The molecule has 0 bridgehead atoms. The number of hydrogen-bond donors (Lipinski definition) is 1. The summed E-state index contributed by atoms with van der Waals surface area (Å²) >= 11 is 0. The van der Waals surface area contributed by atoms with E-state index in [4.69, 9.17) is 23.7 Å². The second-order valence-corrected chi connectivity index (χ2v) is 7.22. The second-order valence-electron chi connectivity index (χ2n) is 7.22. The number of methoxy groups -OCH3 is 1. The van der Waals surface area contributed by atoms with E-state index in [-0.39, 0.29) is 24.6 Å². The average Bonchev–Trinajstić information content (AvgIpc) is 3.29. The molecule has 0 fully saturated rings. The van der Waals surface area contributed by atoms with Crippen molar-refractivity contribution in [3.05, 3.63) is 70.6 Å². The quantitative estimate of drug-likeness (QED) is 0.533. The van der Waals surface area contributed by atoms with Gasteiger partial charge in [-0.15, -0.1) is 0 Å². The molecule has 1 aliphatic heterocycles. The van der Waals surface area contributed by atoms with Crippen LogP contribution >= 0.6 is 0 Å². The summed E-state index contributed by atoms with van der Waals surface area (Å²) in [5, 5.41) is 2.72. The number of nitrogens with zero attached hydrogens (tertiary/aromatic N) is 1. The van der Waals surface area contributed by atoms with Crippen LogP contribution in [0.3, 0.4) is 0 Å². The zero-order valence-electron chi connectivity index (χ0n) is 18.3. The summed E-state index contributed by atoms with van der Waals surface area (Å²) in [5.74, 6) is 2.39. The second kappa shape index (κ2) is 9.99. The molecule has 2 heterocycles. The molecule has 0 atom stereocenters. The minimum absolute atomic E-state index is 0.128. The standard InChI is InChI=1S/C24H24N2O7/c1-16-24(31-14-23(28)25-17-3-8-21-22(13-17)33-15-32-21)20(27)9-10-26(16)11-12-30-19-6-4-18(29-2)5-7-19/h3-10,13H,11-12,14-15H2,1-2H3,(H,25,28). The van der Waals surface area contributed by atoms with Gasteiger partial charge in [0.1, 0.15) is 18.1 Å². The van der Waals surface area contributed by atoms with Crippen molar-refractivity contribution in [1.82, 2.24) is 4.57 Å². The highest BCUT2D eigenvalue weighted by molar-refractivity contribution is 5.92. The number of hydrogen-bond acceptors (Lipinski definition) is 7.